The van der Waals surface area contributed by atoms with E-state index in [1.54, 1.807) is 0 Å². The Labute approximate surface area is 61.9 Å². The topological polar surface area (TPSA) is 32.3 Å². The third-order valence-corrected chi connectivity index (χ3v) is 2.14. The maximum Gasteiger partial charge on any atom is 0.0555 e. The van der Waals surface area contributed by atoms with E-state index >= 15 is 0 Å². The molecule has 0 saturated heterocycles. The maximum absolute atomic E-state index is 9.21. The largest absolute Gasteiger partial charge is 0.393 e. The minimum atomic E-state index is -0.222. The Kier molecular flexibility index (Phi) is 2.46. The average molecular weight is 141 g/mol. The van der Waals surface area contributed by atoms with Gasteiger partial charge in [0.05, 0.1) is 6.10 Å². The van der Waals surface area contributed by atoms with Gasteiger partial charge < -0.3 is 10.4 Å². The quantitative estimate of drug-likeness (QED) is 0.550. The number of rotatable bonds is 2. The summed E-state index contributed by atoms with van der Waals surface area (Å²) in [5.74, 6) is 0.318. The smallest absolute Gasteiger partial charge is 0.0555 e. The molecule has 3 unspecified atom stereocenters. The molecule has 2 N–H and O–H groups in total. The molecule has 3 atom stereocenters. The van der Waals surface area contributed by atoms with E-state index in [1.807, 2.05) is 6.92 Å². The Morgan fingerprint density at radius 1 is 1.60 bits per heavy atom. The zero-order valence-electron chi connectivity index (χ0n) is 6.54. The zero-order chi connectivity index (χ0) is 7.56. The number of hydrogen-bond acceptors (Lipinski definition) is 2. The molecule has 0 aliphatic carbocycles. The van der Waals surface area contributed by atoms with E-state index in [4.69, 9.17) is 0 Å². The monoisotopic (exact) mass is 141 g/mol. The van der Waals surface area contributed by atoms with Crippen LogP contribution in [0, 0.1) is 5.92 Å². The molecule has 1 aliphatic heterocycles. The lowest BCUT2D eigenvalue weighted by Crippen LogP contribution is -2.34. The van der Waals surface area contributed by atoms with Gasteiger partial charge in [0.15, 0.2) is 0 Å². The highest BCUT2D eigenvalue weighted by molar-refractivity contribution is 5.04. The molecule has 58 valence electrons. The van der Waals surface area contributed by atoms with Gasteiger partial charge in [-0.2, -0.15) is 0 Å². The van der Waals surface area contributed by atoms with Crippen LogP contribution in [0.5, 0.6) is 0 Å². The summed E-state index contributed by atoms with van der Waals surface area (Å²) in [6, 6.07) is 0.375. The van der Waals surface area contributed by atoms with Crippen LogP contribution in [0.2, 0.25) is 0 Å². The van der Waals surface area contributed by atoms with Crippen molar-refractivity contribution >= 4 is 0 Å². The minimum absolute atomic E-state index is 0.222. The summed E-state index contributed by atoms with van der Waals surface area (Å²) < 4.78 is 0. The van der Waals surface area contributed by atoms with Gasteiger partial charge in [0.25, 0.3) is 0 Å². The molecule has 0 aromatic rings. The van der Waals surface area contributed by atoms with Crippen LogP contribution in [-0.2, 0) is 0 Å². The molecule has 0 spiro atoms. The SMILES string of the molecule is CC(O)C(C)C1C=CCN1. The minimum Gasteiger partial charge on any atom is -0.393 e. The van der Waals surface area contributed by atoms with Gasteiger partial charge >= 0.3 is 0 Å². The Morgan fingerprint density at radius 2 is 2.30 bits per heavy atom. The lowest BCUT2D eigenvalue weighted by atomic mass is 9.98. The van der Waals surface area contributed by atoms with Crippen molar-refractivity contribution in [3.8, 4) is 0 Å². The lowest BCUT2D eigenvalue weighted by molar-refractivity contribution is 0.123. The van der Waals surface area contributed by atoms with E-state index in [2.05, 4.69) is 24.4 Å². The first-order valence-corrected chi connectivity index (χ1v) is 3.80. The molecular formula is C8H15NO. The van der Waals surface area contributed by atoms with Gasteiger partial charge in [-0.1, -0.05) is 19.1 Å². The summed E-state index contributed by atoms with van der Waals surface area (Å²) in [4.78, 5) is 0. The van der Waals surface area contributed by atoms with Gasteiger partial charge in [0.2, 0.25) is 0 Å². The molecule has 0 aromatic heterocycles. The summed E-state index contributed by atoms with van der Waals surface area (Å²) in [5.41, 5.74) is 0. The van der Waals surface area contributed by atoms with Gasteiger partial charge in [0, 0.05) is 18.5 Å². The highest BCUT2D eigenvalue weighted by atomic mass is 16.3. The molecular weight excluding hydrogens is 126 g/mol. The van der Waals surface area contributed by atoms with Crippen LogP contribution in [0.25, 0.3) is 0 Å². The predicted octanol–water partition coefficient (Wildman–Crippen LogP) is 0.531. The first-order valence-electron chi connectivity index (χ1n) is 3.80. The number of hydrogen-bond donors (Lipinski definition) is 2. The zero-order valence-corrected chi connectivity index (χ0v) is 6.54. The molecule has 1 aliphatic rings. The van der Waals surface area contributed by atoms with Gasteiger partial charge in [-0.25, -0.2) is 0 Å². The third-order valence-electron chi connectivity index (χ3n) is 2.14. The van der Waals surface area contributed by atoms with E-state index in [9.17, 15) is 5.11 Å². The molecule has 0 aromatic carbocycles. The van der Waals surface area contributed by atoms with E-state index < -0.39 is 0 Å². The highest BCUT2D eigenvalue weighted by Crippen LogP contribution is 2.11. The highest BCUT2D eigenvalue weighted by Gasteiger charge is 2.19. The van der Waals surface area contributed by atoms with Gasteiger partial charge in [0.1, 0.15) is 0 Å². The van der Waals surface area contributed by atoms with Crippen molar-refractivity contribution in [2.24, 2.45) is 5.92 Å². The second-order valence-corrected chi connectivity index (χ2v) is 2.96. The summed E-state index contributed by atoms with van der Waals surface area (Å²) in [6.45, 7) is 4.83. The molecule has 0 amide bonds. The van der Waals surface area contributed by atoms with Crippen LogP contribution >= 0.6 is 0 Å². The second kappa shape index (κ2) is 3.17. The van der Waals surface area contributed by atoms with Crippen molar-refractivity contribution in [2.45, 2.75) is 26.0 Å². The molecule has 0 saturated carbocycles. The van der Waals surface area contributed by atoms with Crippen molar-refractivity contribution < 1.29 is 5.11 Å². The summed E-state index contributed by atoms with van der Waals surface area (Å²) >= 11 is 0. The molecule has 2 heteroatoms. The third kappa shape index (κ3) is 1.58. The fraction of sp³-hybridized carbons (Fsp3) is 0.750. The fourth-order valence-electron chi connectivity index (χ4n) is 1.15. The number of nitrogens with one attached hydrogen (secondary N) is 1. The summed E-state index contributed by atoms with van der Waals surface area (Å²) in [6.07, 6.45) is 4.00. The molecule has 0 bridgehead atoms. The Bertz CT molecular complexity index is 131. The summed E-state index contributed by atoms with van der Waals surface area (Å²) in [5, 5.41) is 12.5. The molecule has 1 rings (SSSR count). The van der Waals surface area contributed by atoms with Gasteiger partial charge in [-0.3, -0.25) is 0 Å². The van der Waals surface area contributed by atoms with E-state index in [1.165, 1.54) is 0 Å². The van der Waals surface area contributed by atoms with Crippen molar-refractivity contribution in [2.75, 3.05) is 6.54 Å². The lowest BCUT2D eigenvalue weighted by Gasteiger charge is -2.20. The van der Waals surface area contributed by atoms with Crippen LogP contribution in [0.15, 0.2) is 12.2 Å². The van der Waals surface area contributed by atoms with E-state index in [0.717, 1.165) is 6.54 Å². The predicted molar refractivity (Wildman–Crippen MR) is 41.8 cm³/mol. The van der Waals surface area contributed by atoms with Crippen LogP contribution in [0.1, 0.15) is 13.8 Å². The van der Waals surface area contributed by atoms with Gasteiger partial charge in [-0.15, -0.1) is 0 Å². The van der Waals surface area contributed by atoms with Crippen molar-refractivity contribution in [3.05, 3.63) is 12.2 Å². The first kappa shape index (κ1) is 7.76. The maximum atomic E-state index is 9.21. The van der Waals surface area contributed by atoms with Crippen LogP contribution < -0.4 is 5.32 Å². The van der Waals surface area contributed by atoms with Crippen LogP contribution in [0.4, 0.5) is 0 Å². The number of aliphatic hydroxyl groups is 1. The molecule has 2 nitrogen and oxygen atoms in total. The van der Waals surface area contributed by atoms with Crippen molar-refractivity contribution in [3.63, 3.8) is 0 Å². The van der Waals surface area contributed by atoms with Crippen molar-refractivity contribution in [1.82, 2.24) is 5.32 Å². The Morgan fingerprint density at radius 3 is 2.70 bits per heavy atom. The van der Waals surface area contributed by atoms with Crippen LogP contribution in [-0.4, -0.2) is 23.8 Å². The second-order valence-electron chi connectivity index (χ2n) is 2.96. The summed E-state index contributed by atoms with van der Waals surface area (Å²) in [7, 11) is 0. The molecule has 0 fully saturated rings. The normalized spacial score (nSPS) is 30.5. The van der Waals surface area contributed by atoms with Gasteiger partial charge in [-0.05, 0) is 6.92 Å². The van der Waals surface area contributed by atoms with E-state index in [0.29, 0.717) is 12.0 Å². The van der Waals surface area contributed by atoms with Crippen LogP contribution in [0.3, 0.4) is 0 Å². The standard InChI is InChI=1S/C8H15NO/c1-6(7(2)10)8-4-3-5-9-8/h3-4,6-10H,5H2,1-2H3. The molecule has 1 heterocycles. The van der Waals surface area contributed by atoms with E-state index in [-0.39, 0.29) is 6.10 Å². The first-order chi connectivity index (χ1) is 4.72. The molecule has 10 heavy (non-hydrogen) atoms. The Balaban J connectivity index is 2.40. The fourth-order valence-corrected chi connectivity index (χ4v) is 1.15. The number of aliphatic hydroxyl groups excluding tert-OH is 1. The average Bonchev–Trinajstić information content (AvgIpc) is 2.36. The molecule has 0 radical (unpaired) electrons. The van der Waals surface area contributed by atoms with Crippen molar-refractivity contribution in [1.29, 1.82) is 0 Å². The Hall–Kier alpha value is -0.340.